The van der Waals surface area contributed by atoms with Crippen molar-refractivity contribution in [3.63, 3.8) is 0 Å². The fourth-order valence-corrected chi connectivity index (χ4v) is 3.16. The highest BCUT2D eigenvalue weighted by Gasteiger charge is 2.02. The number of rotatable bonds is 17. The second-order valence-electron chi connectivity index (χ2n) is 7.47. The Labute approximate surface area is 151 Å². The van der Waals surface area contributed by atoms with Crippen molar-refractivity contribution < 1.29 is 4.79 Å². The summed E-state index contributed by atoms with van der Waals surface area (Å²) in [6.45, 7) is 6.15. The van der Waals surface area contributed by atoms with Gasteiger partial charge in [-0.25, -0.2) is 0 Å². The molecule has 142 valence electrons. The minimum atomic E-state index is -0.270. The molecule has 0 rings (SSSR count). The van der Waals surface area contributed by atoms with Crippen molar-refractivity contribution in [1.82, 2.24) is 0 Å². The van der Waals surface area contributed by atoms with Crippen LogP contribution >= 0.6 is 0 Å². The Morgan fingerprint density at radius 2 is 0.958 bits per heavy atom. The second kappa shape index (κ2) is 17.0. The Bertz CT molecular complexity index is 333. The highest BCUT2D eigenvalue weighted by Crippen LogP contribution is 2.16. The van der Waals surface area contributed by atoms with Gasteiger partial charge in [0, 0.05) is 5.57 Å². The molecule has 0 fully saturated rings. The van der Waals surface area contributed by atoms with Crippen LogP contribution in [0.3, 0.4) is 0 Å². The number of unbranched alkanes of at least 4 members (excludes halogenated alkanes) is 14. The number of hydrogen-bond donors (Lipinski definition) is 1. The number of allylic oxidation sites excluding steroid dienone is 1. The lowest BCUT2D eigenvalue weighted by Gasteiger charge is -2.05. The first-order chi connectivity index (χ1) is 11.6. The third kappa shape index (κ3) is 14.8. The zero-order chi connectivity index (χ0) is 18.0. The maximum absolute atomic E-state index is 11.1. The Balaban J connectivity index is 3.23. The third-order valence-corrected chi connectivity index (χ3v) is 5.17. The van der Waals surface area contributed by atoms with Crippen molar-refractivity contribution in [3.05, 3.63) is 11.1 Å². The van der Waals surface area contributed by atoms with Gasteiger partial charge < -0.3 is 5.73 Å². The normalized spacial score (nSPS) is 12.3. The topological polar surface area (TPSA) is 43.1 Å². The summed E-state index contributed by atoms with van der Waals surface area (Å²) in [6, 6.07) is 0. The number of carbonyl (C=O) groups is 1. The van der Waals surface area contributed by atoms with Gasteiger partial charge in [0.15, 0.2) is 0 Å². The molecule has 2 N–H and O–H groups in total. The third-order valence-electron chi connectivity index (χ3n) is 5.17. The lowest BCUT2D eigenvalue weighted by Crippen LogP contribution is -2.13. The van der Waals surface area contributed by atoms with Gasteiger partial charge in [-0.05, 0) is 26.7 Å². The quantitative estimate of drug-likeness (QED) is 0.224. The molecule has 0 aromatic rings. The molecule has 0 saturated heterocycles. The van der Waals surface area contributed by atoms with Crippen molar-refractivity contribution in [2.24, 2.45) is 5.73 Å². The molecule has 2 nitrogen and oxygen atoms in total. The molecule has 24 heavy (non-hydrogen) atoms. The van der Waals surface area contributed by atoms with Crippen LogP contribution in [0.5, 0.6) is 0 Å². The molecule has 0 unspecified atom stereocenters. The van der Waals surface area contributed by atoms with Crippen LogP contribution in [0.1, 0.15) is 124 Å². The van der Waals surface area contributed by atoms with Crippen LogP contribution < -0.4 is 5.73 Å². The van der Waals surface area contributed by atoms with Crippen LogP contribution in [0, 0.1) is 0 Å². The Morgan fingerprint density at radius 3 is 1.29 bits per heavy atom. The Morgan fingerprint density at radius 1 is 0.625 bits per heavy atom. The summed E-state index contributed by atoms with van der Waals surface area (Å²) in [5, 5.41) is 0. The van der Waals surface area contributed by atoms with Gasteiger partial charge in [0.2, 0.25) is 5.91 Å². The van der Waals surface area contributed by atoms with E-state index in [1.807, 2.05) is 13.8 Å². The highest BCUT2D eigenvalue weighted by atomic mass is 16.1. The van der Waals surface area contributed by atoms with E-state index in [4.69, 9.17) is 5.73 Å². The maximum Gasteiger partial charge on any atom is 0.244 e. The number of hydrogen-bond acceptors (Lipinski definition) is 1. The van der Waals surface area contributed by atoms with Crippen molar-refractivity contribution >= 4 is 5.91 Å². The van der Waals surface area contributed by atoms with Crippen LogP contribution in [-0.2, 0) is 4.79 Å². The summed E-state index contributed by atoms with van der Waals surface area (Å²) in [5.74, 6) is -0.270. The van der Waals surface area contributed by atoms with E-state index in [0.717, 1.165) is 17.6 Å². The molecular formula is C22H43NO. The summed E-state index contributed by atoms with van der Waals surface area (Å²) < 4.78 is 0. The largest absolute Gasteiger partial charge is 0.366 e. The average molecular weight is 338 g/mol. The van der Waals surface area contributed by atoms with Gasteiger partial charge in [-0.15, -0.1) is 0 Å². The van der Waals surface area contributed by atoms with E-state index in [9.17, 15) is 4.79 Å². The smallest absolute Gasteiger partial charge is 0.244 e. The van der Waals surface area contributed by atoms with Gasteiger partial charge in [0.1, 0.15) is 0 Å². The molecule has 0 spiro atoms. The standard InChI is InChI=1S/C22H43NO/c1-4-5-6-7-8-9-10-11-12-13-14-15-16-17-18-19-20(2)21(3)22(23)24/h4-19H2,1-3H3,(H2,23,24)/b21-20-. The van der Waals surface area contributed by atoms with E-state index in [2.05, 4.69) is 6.92 Å². The fraction of sp³-hybridized carbons (Fsp3) is 0.864. The van der Waals surface area contributed by atoms with E-state index in [0.29, 0.717) is 0 Å². The minimum absolute atomic E-state index is 0.270. The number of primary amides is 1. The maximum atomic E-state index is 11.1. The zero-order valence-corrected chi connectivity index (χ0v) is 16.8. The van der Waals surface area contributed by atoms with Gasteiger partial charge in [-0.2, -0.15) is 0 Å². The van der Waals surface area contributed by atoms with Gasteiger partial charge in [0.05, 0.1) is 0 Å². The summed E-state index contributed by atoms with van der Waals surface area (Å²) in [7, 11) is 0. The molecule has 1 amide bonds. The molecule has 0 atom stereocenters. The SMILES string of the molecule is CCCCCCCCCCCCCCCCC/C(C)=C(/C)C(N)=O. The number of nitrogens with two attached hydrogens (primary N) is 1. The Kier molecular flexibility index (Phi) is 16.5. The molecule has 0 bridgehead atoms. The monoisotopic (exact) mass is 337 g/mol. The Hall–Kier alpha value is -0.790. The van der Waals surface area contributed by atoms with E-state index in [1.165, 1.54) is 96.3 Å². The summed E-state index contributed by atoms with van der Waals surface area (Å²) in [4.78, 5) is 11.1. The lowest BCUT2D eigenvalue weighted by atomic mass is 10.0. The second-order valence-corrected chi connectivity index (χ2v) is 7.47. The molecule has 0 saturated carbocycles. The van der Waals surface area contributed by atoms with Crippen LogP contribution in [0.15, 0.2) is 11.1 Å². The number of amides is 1. The van der Waals surface area contributed by atoms with Gasteiger partial charge in [-0.3, -0.25) is 4.79 Å². The predicted octanol–water partition coefficient (Wildman–Crippen LogP) is 7.07. The van der Waals surface area contributed by atoms with Crippen LogP contribution in [0.25, 0.3) is 0 Å². The first-order valence-electron chi connectivity index (χ1n) is 10.6. The summed E-state index contributed by atoms with van der Waals surface area (Å²) in [6.07, 6.45) is 21.8. The first kappa shape index (κ1) is 23.2. The van der Waals surface area contributed by atoms with Crippen LogP contribution in [0.2, 0.25) is 0 Å². The summed E-state index contributed by atoms with van der Waals surface area (Å²) in [5.41, 5.74) is 7.21. The zero-order valence-electron chi connectivity index (χ0n) is 16.8. The molecule has 0 aromatic heterocycles. The van der Waals surface area contributed by atoms with Gasteiger partial charge >= 0.3 is 0 Å². The minimum Gasteiger partial charge on any atom is -0.366 e. The predicted molar refractivity (Wildman–Crippen MR) is 107 cm³/mol. The van der Waals surface area contributed by atoms with Crippen molar-refractivity contribution in [1.29, 1.82) is 0 Å². The summed E-state index contributed by atoms with van der Waals surface area (Å²) >= 11 is 0. The molecular weight excluding hydrogens is 294 g/mol. The van der Waals surface area contributed by atoms with E-state index >= 15 is 0 Å². The van der Waals surface area contributed by atoms with Crippen molar-refractivity contribution in [2.45, 2.75) is 124 Å². The molecule has 0 aliphatic rings. The van der Waals surface area contributed by atoms with E-state index in [-0.39, 0.29) is 5.91 Å². The first-order valence-corrected chi connectivity index (χ1v) is 10.6. The molecule has 0 radical (unpaired) electrons. The van der Waals surface area contributed by atoms with Crippen LogP contribution in [-0.4, -0.2) is 5.91 Å². The molecule has 0 aliphatic heterocycles. The average Bonchev–Trinajstić information content (AvgIpc) is 2.57. The highest BCUT2D eigenvalue weighted by molar-refractivity contribution is 5.91. The van der Waals surface area contributed by atoms with Crippen LogP contribution in [0.4, 0.5) is 0 Å². The van der Waals surface area contributed by atoms with Gasteiger partial charge in [0.25, 0.3) is 0 Å². The molecule has 2 heteroatoms. The van der Waals surface area contributed by atoms with Crippen molar-refractivity contribution in [2.75, 3.05) is 0 Å². The van der Waals surface area contributed by atoms with E-state index in [1.54, 1.807) is 0 Å². The molecule has 0 aliphatic carbocycles. The fourth-order valence-electron chi connectivity index (χ4n) is 3.16. The van der Waals surface area contributed by atoms with Crippen molar-refractivity contribution in [3.8, 4) is 0 Å². The van der Waals surface area contributed by atoms with E-state index < -0.39 is 0 Å². The lowest BCUT2D eigenvalue weighted by molar-refractivity contribution is -0.114. The molecule has 0 heterocycles. The molecule has 0 aromatic carbocycles. The number of carbonyl (C=O) groups excluding carboxylic acids is 1. The van der Waals surface area contributed by atoms with Gasteiger partial charge in [-0.1, -0.05) is 102 Å².